The molecule has 1 saturated heterocycles. The van der Waals surface area contributed by atoms with Crippen molar-refractivity contribution < 1.29 is 33.8 Å². The van der Waals surface area contributed by atoms with Gasteiger partial charge >= 0.3 is 5.97 Å². The first kappa shape index (κ1) is 28.4. The molecule has 2 aliphatic rings. The molecule has 3 amide bonds. The van der Waals surface area contributed by atoms with Crippen LogP contribution < -0.4 is 9.47 Å². The molecule has 1 N–H and O–H groups in total. The summed E-state index contributed by atoms with van der Waals surface area (Å²) >= 11 is 4.26. The number of rotatable bonds is 8. The van der Waals surface area contributed by atoms with Gasteiger partial charge in [-0.25, -0.2) is 4.79 Å². The molecular weight excluding hydrogens is 612 g/mol. The first-order valence-electron chi connectivity index (χ1n) is 12.7. The Balaban J connectivity index is 1.28. The minimum Gasteiger partial charge on any atom is -0.493 e. The number of hydrogen-bond donors (Lipinski definition) is 1. The van der Waals surface area contributed by atoms with Crippen LogP contribution in [0.4, 0.5) is 4.79 Å². The van der Waals surface area contributed by atoms with Crippen LogP contribution >= 0.6 is 27.7 Å². The maximum Gasteiger partial charge on any atom is 0.335 e. The number of imide groups is 1. The Labute approximate surface area is 248 Å². The predicted octanol–water partition coefficient (Wildman–Crippen LogP) is 5.36. The van der Waals surface area contributed by atoms with Gasteiger partial charge in [0.1, 0.15) is 13.2 Å². The maximum atomic E-state index is 13.1. The second-order valence-corrected chi connectivity index (χ2v) is 11.3. The summed E-state index contributed by atoms with van der Waals surface area (Å²) in [5.74, 6) is -1.06. The number of thioether (sulfide) groups is 1. The molecule has 2 heterocycles. The van der Waals surface area contributed by atoms with E-state index in [-0.39, 0.29) is 29.5 Å². The quantitative estimate of drug-likeness (QED) is 0.329. The number of fused-ring (bicyclic) bond motifs is 1. The SMILES string of the molecule is COc1cc(/C=C2\SC(=O)N(CC(=O)N3CCc4ccccc4C3)C2=O)cc(Br)c1OCc1cccc(C(=O)O)c1. The van der Waals surface area contributed by atoms with Gasteiger partial charge in [-0.1, -0.05) is 36.4 Å². The lowest BCUT2D eigenvalue weighted by atomic mass is 10.00. The van der Waals surface area contributed by atoms with Crippen molar-refractivity contribution in [3.8, 4) is 11.5 Å². The molecule has 11 heteroatoms. The molecule has 0 aromatic heterocycles. The molecule has 0 saturated carbocycles. The van der Waals surface area contributed by atoms with Gasteiger partial charge in [-0.3, -0.25) is 19.3 Å². The summed E-state index contributed by atoms with van der Waals surface area (Å²) in [6, 6.07) is 17.7. The van der Waals surface area contributed by atoms with Crippen LogP contribution in [0.25, 0.3) is 6.08 Å². The maximum absolute atomic E-state index is 13.1. The Bertz CT molecular complexity index is 1590. The van der Waals surface area contributed by atoms with Gasteiger partial charge in [-0.15, -0.1) is 0 Å². The number of carbonyl (C=O) groups excluding carboxylic acids is 3. The Morgan fingerprint density at radius 1 is 1.07 bits per heavy atom. The number of carbonyl (C=O) groups is 4. The molecule has 0 spiro atoms. The number of benzene rings is 3. The Morgan fingerprint density at radius 2 is 1.85 bits per heavy atom. The van der Waals surface area contributed by atoms with Crippen LogP contribution in [0.2, 0.25) is 0 Å². The third-order valence-corrected chi connectivity index (χ3v) is 8.25. The number of nitrogens with zero attached hydrogens (tertiary/aromatic N) is 2. The fraction of sp³-hybridized carbons (Fsp3) is 0.200. The van der Waals surface area contributed by atoms with Crippen LogP contribution in [0, 0.1) is 0 Å². The van der Waals surface area contributed by atoms with Crippen molar-refractivity contribution in [2.45, 2.75) is 19.6 Å². The fourth-order valence-corrected chi connectivity index (χ4v) is 6.06. The van der Waals surface area contributed by atoms with Crippen molar-refractivity contribution in [2.75, 3.05) is 20.2 Å². The molecule has 0 aliphatic carbocycles. The predicted molar refractivity (Wildman–Crippen MR) is 157 cm³/mol. The van der Waals surface area contributed by atoms with Gasteiger partial charge in [0, 0.05) is 13.1 Å². The normalized spacial score (nSPS) is 15.7. The molecule has 1 fully saturated rings. The molecular formula is C30H25BrN2O7S. The highest BCUT2D eigenvalue weighted by Gasteiger charge is 2.37. The zero-order chi connectivity index (χ0) is 29.1. The first-order chi connectivity index (χ1) is 19.7. The summed E-state index contributed by atoms with van der Waals surface area (Å²) in [7, 11) is 1.47. The van der Waals surface area contributed by atoms with E-state index in [0.29, 0.717) is 40.2 Å². The van der Waals surface area contributed by atoms with Gasteiger partial charge < -0.3 is 19.5 Å². The van der Waals surface area contributed by atoms with Gasteiger partial charge in [-0.2, -0.15) is 0 Å². The van der Waals surface area contributed by atoms with Gasteiger partial charge in [0.05, 0.1) is 22.1 Å². The molecule has 0 bridgehead atoms. The van der Waals surface area contributed by atoms with E-state index in [1.165, 1.54) is 24.8 Å². The first-order valence-corrected chi connectivity index (χ1v) is 14.3. The average molecular weight is 638 g/mol. The van der Waals surface area contributed by atoms with Gasteiger partial charge in [0.2, 0.25) is 5.91 Å². The number of aromatic carboxylic acids is 1. The third kappa shape index (κ3) is 6.31. The monoisotopic (exact) mass is 636 g/mol. The number of halogens is 1. The van der Waals surface area contributed by atoms with E-state index in [2.05, 4.69) is 15.9 Å². The Kier molecular flexibility index (Phi) is 8.46. The number of amides is 3. The zero-order valence-electron chi connectivity index (χ0n) is 22.0. The van der Waals surface area contributed by atoms with Crippen molar-refractivity contribution in [3.63, 3.8) is 0 Å². The van der Waals surface area contributed by atoms with Crippen molar-refractivity contribution in [1.82, 2.24) is 9.80 Å². The number of carboxylic acid groups (broad SMARTS) is 1. The summed E-state index contributed by atoms with van der Waals surface area (Å²) in [5.41, 5.74) is 3.68. The largest absolute Gasteiger partial charge is 0.493 e. The van der Waals surface area contributed by atoms with E-state index in [9.17, 15) is 24.3 Å². The van der Waals surface area contributed by atoms with Crippen LogP contribution in [-0.2, 0) is 29.2 Å². The summed E-state index contributed by atoms with van der Waals surface area (Å²) < 4.78 is 12.0. The summed E-state index contributed by atoms with van der Waals surface area (Å²) in [4.78, 5) is 52.9. The highest BCUT2D eigenvalue weighted by molar-refractivity contribution is 9.10. The standard InChI is InChI=1S/C30H25BrN2O7S/c1-39-24-13-19(12-23(31)27(24)40-17-18-5-4-8-21(11-18)29(36)37)14-25-28(35)33(30(38)41-25)16-26(34)32-10-9-20-6-2-3-7-22(20)15-32/h2-8,11-14H,9-10,15-17H2,1H3,(H,36,37)/b25-14-. The number of ether oxygens (including phenoxy) is 2. The second-order valence-electron chi connectivity index (χ2n) is 9.43. The van der Waals surface area contributed by atoms with E-state index in [1.807, 2.05) is 24.3 Å². The van der Waals surface area contributed by atoms with Gasteiger partial charge in [0.25, 0.3) is 11.1 Å². The van der Waals surface area contributed by atoms with E-state index in [1.54, 1.807) is 35.2 Å². The van der Waals surface area contributed by atoms with Crippen LogP contribution in [0.3, 0.4) is 0 Å². The second kappa shape index (κ2) is 12.2. The number of carboxylic acids is 1. The summed E-state index contributed by atoms with van der Waals surface area (Å²) in [5, 5.41) is 8.71. The highest BCUT2D eigenvalue weighted by Crippen LogP contribution is 2.39. The van der Waals surface area contributed by atoms with Crippen LogP contribution in [-0.4, -0.2) is 58.1 Å². The number of hydrogen-bond acceptors (Lipinski definition) is 7. The van der Waals surface area contributed by atoms with Crippen molar-refractivity contribution in [3.05, 3.63) is 97.9 Å². The Morgan fingerprint density at radius 3 is 2.61 bits per heavy atom. The van der Waals surface area contributed by atoms with Crippen LogP contribution in [0.1, 0.15) is 32.6 Å². The molecule has 0 atom stereocenters. The van der Waals surface area contributed by atoms with E-state index < -0.39 is 17.1 Å². The molecule has 210 valence electrons. The van der Waals surface area contributed by atoms with Gasteiger partial charge in [-0.05, 0) is 86.7 Å². The van der Waals surface area contributed by atoms with Crippen molar-refractivity contribution in [2.24, 2.45) is 0 Å². The summed E-state index contributed by atoms with van der Waals surface area (Å²) in [6.45, 7) is 0.779. The Hall–Kier alpha value is -4.09. The molecule has 5 rings (SSSR count). The molecule has 3 aromatic rings. The van der Waals surface area contributed by atoms with Crippen LogP contribution in [0.15, 0.2) is 70.0 Å². The lowest BCUT2D eigenvalue weighted by Gasteiger charge is -2.29. The fourth-order valence-electron chi connectivity index (χ4n) is 4.64. The topological polar surface area (TPSA) is 113 Å². The summed E-state index contributed by atoms with van der Waals surface area (Å²) in [6.07, 6.45) is 2.30. The van der Waals surface area contributed by atoms with Crippen LogP contribution in [0.5, 0.6) is 11.5 Å². The average Bonchev–Trinajstić information content (AvgIpc) is 3.23. The van der Waals surface area contributed by atoms with Crippen molar-refractivity contribution in [1.29, 1.82) is 0 Å². The minimum atomic E-state index is -1.03. The highest BCUT2D eigenvalue weighted by atomic mass is 79.9. The molecule has 3 aromatic carbocycles. The molecule has 0 unspecified atom stereocenters. The van der Waals surface area contributed by atoms with E-state index in [0.717, 1.165) is 28.6 Å². The molecule has 9 nitrogen and oxygen atoms in total. The zero-order valence-corrected chi connectivity index (χ0v) is 24.4. The molecule has 41 heavy (non-hydrogen) atoms. The number of methoxy groups -OCH3 is 1. The third-order valence-electron chi connectivity index (χ3n) is 6.76. The minimum absolute atomic E-state index is 0.102. The molecule has 2 aliphatic heterocycles. The van der Waals surface area contributed by atoms with Gasteiger partial charge in [0.15, 0.2) is 11.5 Å². The van der Waals surface area contributed by atoms with Crippen molar-refractivity contribution >= 4 is 56.8 Å². The van der Waals surface area contributed by atoms with E-state index in [4.69, 9.17) is 9.47 Å². The smallest absolute Gasteiger partial charge is 0.335 e. The molecule has 0 radical (unpaired) electrons. The lowest BCUT2D eigenvalue weighted by molar-refractivity contribution is -0.136. The van der Waals surface area contributed by atoms with E-state index >= 15 is 0 Å². The lowest BCUT2D eigenvalue weighted by Crippen LogP contribution is -2.44.